The predicted octanol–water partition coefficient (Wildman–Crippen LogP) is 5.99. The number of aromatic nitrogens is 4. The Morgan fingerprint density at radius 3 is 2.44 bits per heavy atom. The van der Waals surface area contributed by atoms with Gasteiger partial charge in [-0.3, -0.25) is 24.3 Å². The van der Waals surface area contributed by atoms with Gasteiger partial charge >= 0.3 is 0 Å². The Bertz CT molecular complexity index is 2600. The number of fused-ring (bicyclic) bond motifs is 4. The smallest absolute Gasteiger partial charge is 0.262 e. The van der Waals surface area contributed by atoms with Crippen molar-refractivity contribution in [3.05, 3.63) is 121 Å². The van der Waals surface area contributed by atoms with Crippen molar-refractivity contribution < 1.29 is 28.6 Å². The number of carbonyl (C=O) groups is 3. The van der Waals surface area contributed by atoms with E-state index in [-0.39, 0.29) is 29.9 Å². The molecule has 4 aromatic heterocycles. The fraction of sp³-hybridized carbons (Fsp3) is 0.209. The number of nitrogens with zero attached hydrogens (tertiary/aromatic N) is 5. The van der Waals surface area contributed by atoms with Crippen molar-refractivity contribution in [2.45, 2.75) is 43.9 Å². The number of nitrogens with one attached hydrogen (secondary N) is 1. The maximum absolute atomic E-state index is 13.1. The highest BCUT2D eigenvalue weighted by atomic mass is 16.5. The molecule has 6 heterocycles. The van der Waals surface area contributed by atoms with Gasteiger partial charge < -0.3 is 24.1 Å². The van der Waals surface area contributed by atoms with Gasteiger partial charge in [0.2, 0.25) is 11.8 Å². The zero-order chi connectivity index (χ0) is 37.6. The predicted molar refractivity (Wildman–Crippen MR) is 203 cm³/mol. The van der Waals surface area contributed by atoms with Gasteiger partial charge in [0.05, 0.1) is 22.8 Å². The molecule has 1 aliphatic carbocycles. The molecule has 0 spiro atoms. The normalized spacial score (nSPS) is 19.1. The number of ether oxygens (including phenoxy) is 3. The largest absolute Gasteiger partial charge is 0.489 e. The number of amides is 3. The Balaban J connectivity index is 0.737. The number of benzene rings is 2. The van der Waals surface area contributed by atoms with E-state index in [1.54, 1.807) is 18.3 Å². The van der Waals surface area contributed by atoms with E-state index in [2.05, 4.69) is 68.5 Å². The Morgan fingerprint density at radius 1 is 0.818 bits per heavy atom. The number of aryl methyl sites for hydroxylation is 1. The second kappa shape index (κ2) is 13.8. The zero-order valence-corrected chi connectivity index (χ0v) is 29.8. The van der Waals surface area contributed by atoms with Crippen LogP contribution in [-0.2, 0) is 11.8 Å². The molecular weight excluding hydrogens is 697 g/mol. The number of hydrogen-bond acceptors (Lipinski definition) is 9. The minimum atomic E-state index is -0.868. The van der Waals surface area contributed by atoms with Crippen molar-refractivity contribution in [1.29, 1.82) is 0 Å². The van der Waals surface area contributed by atoms with E-state index in [0.29, 0.717) is 41.6 Å². The standard InChI is InChI=1S/C43H34N6O6/c1-25-5-13-38(41(50)47-25)49-42(51)34-12-10-29(21-35(34)43(49)52)53-17-3-4-28-8-9-30(23-45-28)54-31-19-32(20-31)55-40-14-7-27(22-46-40)26-6-11-33-36-24-44-16-15-37(36)48(2)39(33)18-26/h6-12,14-16,18,21-24,31-32,38H,1,5,13,17,19-20H2,2H3,(H,47,50). The van der Waals surface area contributed by atoms with E-state index >= 15 is 0 Å². The van der Waals surface area contributed by atoms with E-state index < -0.39 is 23.8 Å². The zero-order valence-electron chi connectivity index (χ0n) is 29.8. The first-order valence-corrected chi connectivity index (χ1v) is 18.0. The van der Waals surface area contributed by atoms with Crippen molar-refractivity contribution in [3.8, 4) is 40.3 Å². The molecule has 0 radical (unpaired) electrons. The molecule has 0 bridgehead atoms. The molecule has 1 saturated heterocycles. The lowest BCUT2D eigenvalue weighted by molar-refractivity contribution is -0.125. The molecule has 2 fully saturated rings. The molecule has 12 nitrogen and oxygen atoms in total. The molecule has 2 aromatic carbocycles. The monoisotopic (exact) mass is 730 g/mol. The summed E-state index contributed by atoms with van der Waals surface area (Å²) in [6.07, 6.45) is 9.56. The first kappa shape index (κ1) is 33.8. The summed E-state index contributed by atoms with van der Waals surface area (Å²) in [5, 5.41) is 4.95. The van der Waals surface area contributed by atoms with E-state index in [0.717, 1.165) is 45.3 Å². The Kier molecular flexibility index (Phi) is 8.46. The van der Waals surface area contributed by atoms with E-state index in [9.17, 15) is 14.4 Å². The Morgan fingerprint density at radius 2 is 1.64 bits per heavy atom. The first-order valence-electron chi connectivity index (χ1n) is 18.0. The van der Waals surface area contributed by atoms with Gasteiger partial charge in [-0.05, 0) is 72.9 Å². The summed E-state index contributed by atoms with van der Waals surface area (Å²) >= 11 is 0. The second-order valence-electron chi connectivity index (χ2n) is 13.8. The molecule has 1 saturated carbocycles. The average Bonchev–Trinajstić information content (AvgIpc) is 3.61. The minimum absolute atomic E-state index is 0.0144. The fourth-order valence-corrected chi connectivity index (χ4v) is 7.32. The summed E-state index contributed by atoms with van der Waals surface area (Å²) < 4.78 is 20.1. The van der Waals surface area contributed by atoms with Crippen LogP contribution >= 0.6 is 0 Å². The topological polar surface area (TPSA) is 138 Å². The summed E-state index contributed by atoms with van der Waals surface area (Å²) in [4.78, 5) is 52.8. The molecular formula is C43H34N6O6. The van der Waals surface area contributed by atoms with Crippen LogP contribution in [0.4, 0.5) is 0 Å². The van der Waals surface area contributed by atoms with Crippen LogP contribution in [0.2, 0.25) is 0 Å². The third kappa shape index (κ3) is 6.39. The number of carbonyl (C=O) groups excluding carboxylic acids is 3. The number of piperidine rings is 1. The third-order valence-corrected chi connectivity index (χ3v) is 10.3. The number of allylic oxidation sites excluding steroid dienone is 1. The lowest BCUT2D eigenvalue weighted by atomic mass is 9.92. The Hall–Kier alpha value is -7.00. The van der Waals surface area contributed by atoms with Crippen LogP contribution < -0.4 is 19.5 Å². The first-order chi connectivity index (χ1) is 26.8. The highest BCUT2D eigenvalue weighted by Crippen LogP contribution is 2.34. The van der Waals surface area contributed by atoms with Crippen molar-refractivity contribution >= 4 is 39.5 Å². The summed E-state index contributed by atoms with van der Waals surface area (Å²) in [5.41, 5.74) is 5.96. The molecule has 9 rings (SSSR count). The van der Waals surface area contributed by atoms with Gasteiger partial charge in [-0.2, -0.15) is 0 Å². The maximum atomic E-state index is 13.1. The highest BCUT2D eigenvalue weighted by Gasteiger charge is 2.44. The van der Waals surface area contributed by atoms with Crippen LogP contribution in [0.5, 0.6) is 17.4 Å². The minimum Gasteiger partial charge on any atom is -0.489 e. The molecule has 2 aliphatic heterocycles. The molecule has 272 valence electrons. The molecule has 55 heavy (non-hydrogen) atoms. The second-order valence-corrected chi connectivity index (χ2v) is 13.8. The van der Waals surface area contributed by atoms with Crippen LogP contribution in [0.15, 0.2) is 104 Å². The summed E-state index contributed by atoms with van der Waals surface area (Å²) in [7, 11) is 2.07. The van der Waals surface area contributed by atoms with Crippen LogP contribution in [0, 0.1) is 11.8 Å². The van der Waals surface area contributed by atoms with Crippen LogP contribution in [0.3, 0.4) is 0 Å². The van der Waals surface area contributed by atoms with Crippen LogP contribution in [-0.4, -0.2) is 67.0 Å². The quantitative estimate of drug-likeness (QED) is 0.148. The van der Waals surface area contributed by atoms with Gasteiger partial charge in [0.15, 0.2) is 0 Å². The van der Waals surface area contributed by atoms with Crippen molar-refractivity contribution in [3.63, 3.8) is 0 Å². The highest BCUT2D eigenvalue weighted by molar-refractivity contribution is 6.23. The molecule has 12 heteroatoms. The SMILES string of the molecule is C=C1CCC(N2C(=O)c3ccc(OCC#Cc4ccc(OC5CC(Oc6ccc(-c7ccc8c9cnccc9n(C)c8c7)cn6)C5)cn4)cc3C2=O)C(=O)N1. The third-order valence-electron chi connectivity index (χ3n) is 10.3. The summed E-state index contributed by atoms with van der Waals surface area (Å²) in [6.45, 7) is 3.79. The van der Waals surface area contributed by atoms with Gasteiger partial charge in [0.25, 0.3) is 11.8 Å². The molecule has 6 aromatic rings. The lowest BCUT2D eigenvalue weighted by Gasteiger charge is -2.34. The van der Waals surface area contributed by atoms with Crippen LogP contribution in [0.25, 0.3) is 32.9 Å². The van der Waals surface area contributed by atoms with Gasteiger partial charge in [-0.15, -0.1) is 0 Å². The fourth-order valence-electron chi connectivity index (χ4n) is 7.32. The summed E-state index contributed by atoms with van der Waals surface area (Å²) in [5.74, 6) is 6.08. The van der Waals surface area contributed by atoms with Crippen LogP contribution in [0.1, 0.15) is 52.1 Å². The van der Waals surface area contributed by atoms with Gasteiger partial charge in [0, 0.05) is 72.1 Å². The van der Waals surface area contributed by atoms with E-state index in [1.807, 2.05) is 42.9 Å². The van der Waals surface area contributed by atoms with Crippen molar-refractivity contribution in [2.75, 3.05) is 6.61 Å². The molecule has 1 unspecified atom stereocenters. The average molecular weight is 731 g/mol. The molecule has 3 amide bonds. The molecule has 1 atom stereocenters. The summed E-state index contributed by atoms with van der Waals surface area (Å²) in [6, 6.07) is 19.8. The van der Waals surface area contributed by atoms with Gasteiger partial charge in [0.1, 0.15) is 42.0 Å². The van der Waals surface area contributed by atoms with Crippen molar-refractivity contribution in [2.24, 2.45) is 7.05 Å². The number of pyridine rings is 3. The molecule has 1 N–H and O–H groups in total. The van der Waals surface area contributed by atoms with Gasteiger partial charge in [-0.1, -0.05) is 24.6 Å². The number of hydrogen-bond donors (Lipinski definition) is 1. The van der Waals surface area contributed by atoms with Crippen molar-refractivity contribution in [1.82, 2.24) is 29.7 Å². The number of rotatable bonds is 8. The maximum Gasteiger partial charge on any atom is 0.262 e. The lowest BCUT2D eigenvalue weighted by Crippen LogP contribution is -2.51. The van der Waals surface area contributed by atoms with E-state index in [1.165, 1.54) is 17.5 Å². The van der Waals surface area contributed by atoms with Gasteiger partial charge in [-0.25, -0.2) is 9.97 Å². The Labute approximate surface area is 315 Å². The van der Waals surface area contributed by atoms with E-state index in [4.69, 9.17) is 14.2 Å². The number of imide groups is 1. The molecule has 3 aliphatic rings.